The van der Waals surface area contributed by atoms with Gasteiger partial charge < -0.3 is 14.3 Å². The highest BCUT2D eigenvalue weighted by Gasteiger charge is 2.49. The number of aromatic nitrogens is 1. The quantitative estimate of drug-likeness (QED) is 0.643. The van der Waals surface area contributed by atoms with Crippen LogP contribution in [0, 0.1) is 13.8 Å². The highest BCUT2D eigenvalue weighted by Crippen LogP contribution is 2.37. The Kier molecular flexibility index (Phi) is 4.96. The molecule has 1 fully saturated rings. The average Bonchev–Trinajstić information content (AvgIpc) is 3.52. The first-order valence-corrected chi connectivity index (χ1v) is 11.3. The largest absolute Gasteiger partial charge is 0.463 e. The van der Waals surface area contributed by atoms with Gasteiger partial charge in [0.2, 0.25) is 5.91 Å². The van der Waals surface area contributed by atoms with Gasteiger partial charge >= 0.3 is 0 Å². The summed E-state index contributed by atoms with van der Waals surface area (Å²) in [6.07, 6.45) is 5.86. The lowest BCUT2D eigenvalue weighted by atomic mass is 9.92. The van der Waals surface area contributed by atoms with Gasteiger partial charge in [0.25, 0.3) is 5.91 Å². The van der Waals surface area contributed by atoms with Crippen molar-refractivity contribution < 1.29 is 14.0 Å². The molecule has 1 aromatic carbocycles. The van der Waals surface area contributed by atoms with Gasteiger partial charge in [-0.05, 0) is 81.1 Å². The second-order valence-corrected chi connectivity index (χ2v) is 9.31. The summed E-state index contributed by atoms with van der Waals surface area (Å²) in [5.41, 5.74) is 3.27. The number of carbonyl (C=O) groups excluding carboxylic acids is 2. The summed E-state index contributed by atoms with van der Waals surface area (Å²) < 4.78 is 7.53. The molecule has 3 aromatic rings. The number of nitrogens with one attached hydrogen (secondary N) is 1. The fraction of sp³-hybridized carbons (Fsp3) is 0.385. The van der Waals surface area contributed by atoms with Crippen LogP contribution in [0.25, 0.3) is 11.5 Å². The molecule has 1 saturated carbocycles. The van der Waals surface area contributed by atoms with E-state index in [9.17, 15) is 9.59 Å². The molecule has 0 unspecified atom stereocenters. The number of amides is 2. The second kappa shape index (κ2) is 7.69. The van der Waals surface area contributed by atoms with E-state index in [2.05, 4.69) is 5.32 Å². The number of nitrogens with zero attached hydrogens (tertiary/aromatic N) is 2. The van der Waals surface area contributed by atoms with Crippen LogP contribution in [-0.2, 0) is 11.3 Å². The summed E-state index contributed by atoms with van der Waals surface area (Å²) in [6.45, 7) is 6.30. The molecule has 6 heteroatoms. The Bertz CT molecular complexity index is 1170. The summed E-state index contributed by atoms with van der Waals surface area (Å²) in [4.78, 5) is 29.3. The van der Waals surface area contributed by atoms with Crippen LogP contribution in [0.5, 0.6) is 0 Å². The minimum atomic E-state index is -1.07. The Morgan fingerprint density at radius 3 is 2.50 bits per heavy atom. The fourth-order valence-electron chi connectivity index (χ4n) is 5.03. The molecule has 32 heavy (non-hydrogen) atoms. The minimum absolute atomic E-state index is 0.110. The number of fused-ring (bicyclic) bond motifs is 1. The average molecular weight is 432 g/mol. The predicted molar refractivity (Wildman–Crippen MR) is 124 cm³/mol. The van der Waals surface area contributed by atoms with E-state index in [1.54, 1.807) is 11.2 Å². The zero-order valence-electron chi connectivity index (χ0n) is 18.9. The summed E-state index contributed by atoms with van der Waals surface area (Å²) in [7, 11) is 0. The molecule has 0 saturated heterocycles. The summed E-state index contributed by atoms with van der Waals surface area (Å²) in [6, 6.07) is 13.5. The molecule has 3 heterocycles. The lowest BCUT2D eigenvalue weighted by molar-refractivity contribution is -0.127. The number of carbonyl (C=O) groups is 2. The molecule has 1 N–H and O–H groups in total. The normalized spacial score (nSPS) is 21.1. The van der Waals surface area contributed by atoms with E-state index < -0.39 is 5.54 Å². The molecular formula is C26H29N3O3. The molecule has 2 amide bonds. The van der Waals surface area contributed by atoms with Crippen LogP contribution in [0.4, 0.5) is 5.69 Å². The number of hydrogen-bond donors (Lipinski definition) is 1. The van der Waals surface area contributed by atoms with E-state index in [1.165, 1.54) is 0 Å². The molecule has 1 aliphatic carbocycles. The first-order chi connectivity index (χ1) is 15.4. The highest BCUT2D eigenvalue weighted by atomic mass is 16.3. The summed E-state index contributed by atoms with van der Waals surface area (Å²) in [5.74, 6) is 0.393. The molecule has 0 spiro atoms. The van der Waals surface area contributed by atoms with Gasteiger partial charge in [-0.25, -0.2) is 0 Å². The van der Waals surface area contributed by atoms with Gasteiger partial charge in [-0.2, -0.15) is 0 Å². The van der Waals surface area contributed by atoms with Gasteiger partial charge in [-0.1, -0.05) is 18.9 Å². The van der Waals surface area contributed by atoms with Crippen molar-refractivity contribution in [2.24, 2.45) is 0 Å². The van der Waals surface area contributed by atoms with E-state index in [-0.39, 0.29) is 17.9 Å². The molecule has 1 atom stereocenters. The number of aryl methyl sites for hydroxylation is 2. The first-order valence-electron chi connectivity index (χ1n) is 11.3. The standard InChI is InChI=1S/C26H29N3O3/c1-17-10-11-20(15-18(17)2)29-24(30)22-13-12-21(23-9-6-14-32-23)28(22)16-26(29,3)25(31)27-19-7-4-5-8-19/h6,9-15,19H,4-5,7-8,16H2,1-3H3,(H,27,31)/t26-/m1/s1. The maximum atomic E-state index is 13.8. The van der Waals surface area contributed by atoms with Crippen LogP contribution < -0.4 is 10.2 Å². The van der Waals surface area contributed by atoms with Crippen molar-refractivity contribution in [1.29, 1.82) is 0 Å². The SMILES string of the molecule is Cc1ccc(N2C(=O)c3ccc(-c4ccco4)n3C[C@]2(C)C(=O)NC2CCCC2)cc1C. The van der Waals surface area contributed by atoms with Crippen molar-refractivity contribution in [2.45, 2.75) is 64.6 Å². The first kappa shape index (κ1) is 20.6. The van der Waals surface area contributed by atoms with Crippen LogP contribution >= 0.6 is 0 Å². The summed E-state index contributed by atoms with van der Waals surface area (Å²) in [5, 5.41) is 3.24. The molecule has 6 nitrogen and oxygen atoms in total. The Labute approximate surface area is 188 Å². The smallest absolute Gasteiger partial charge is 0.275 e. The maximum absolute atomic E-state index is 13.8. The van der Waals surface area contributed by atoms with Gasteiger partial charge in [-0.15, -0.1) is 0 Å². The van der Waals surface area contributed by atoms with Crippen molar-refractivity contribution >= 4 is 17.5 Å². The maximum Gasteiger partial charge on any atom is 0.275 e. The van der Waals surface area contributed by atoms with Gasteiger partial charge in [0.15, 0.2) is 0 Å². The molecule has 0 bridgehead atoms. The van der Waals surface area contributed by atoms with Crippen LogP contribution in [0.15, 0.2) is 53.1 Å². The van der Waals surface area contributed by atoms with Gasteiger partial charge in [0.05, 0.1) is 18.5 Å². The third-order valence-electron chi connectivity index (χ3n) is 7.06. The van der Waals surface area contributed by atoms with Crippen LogP contribution in [-0.4, -0.2) is 28.0 Å². The topological polar surface area (TPSA) is 67.5 Å². The van der Waals surface area contributed by atoms with Crippen molar-refractivity contribution in [3.63, 3.8) is 0 Å². The van der Waals surface area contributed by atoms with E-state index in [0.29, 0.717) is 18.0 Å². The molecule has 0 radical (unpaired) electrons. The number of rotatable bonds is 4. The highest BCUT2D eigenvalue weighted by molar-refractivity contribution is 6.12. The van der Waals surface area contributed by atoms with Crippen molar-refractivity contribution in [1.82, 2.24) is 9.88 Å². The van der Waals surface area contributed by atoms with Crippen LogP contribution in [0.2, 0.25) is 0 Å². The number of hydrogen-bond acceptors (Lipinski definition) is 3. The third-order valence-corrected chi connectivity index (χ3v) is 7.06. The minimum Gasteiger partial charge on any atom is -0.463 e. The Morgan fingerprint density at radius 2 is 1.81 bits per heavy atom. The Hall–Kier alpha value is -3.28. The lowest BCUT2D eigenvalue weighted by Gasteiger charge is -2.44. The lowest BCUT2D eigenvalue weighted by Crippen LogP contribution is -2.65. The predicted octanol–water partition coefficient (Wildman–Crippen LogP) is 4.84. The van der Waals surface area contributed by atoms with Crippen molar-refractivity contribution in [3.05, 3.63) is 65.5 Å². The third kappa shape index (κ3) is 3.25. The van der Waals surface area contributed by atoms with E-state index in [0.717, 1.165) is 48.2 Å². The fourth-order valence-corrected chi connectivity index (χ4v) is 5.03. The molecule has 166 valence electrons. The zero-order chi connectivity index (χ0) is 22.5. The van der Waals surface area contributed by atoms with Crippen molar-refractivity contribution in [3.8, 4) is 11.5 Å². The Balaban J connectivity index is 1.62. The van der Waals surface area contributed by atoms with E-state index in [1.807, 2.05) is 67.8 Å². The number of benzene rings is 1. The molecular weight excluding hydrogens is 402 g/mol. The number of furan rings is 1. The monoisotopic (exact) mass is 431 g/mol. The van der Waals surface area contributed by atoms with Gasteiger partial charge in [0, 0.05) is 11.7 Å². The van der Waals surface area contributed by atoms with Gasteiger partial charge in [-0.3, -0.25) is 14.5 Å². The zero-order valence-corrected chi connectivity index (χ0v) is 18.9. The van der Waals surface area contributed by atoms with Crippen molar-refractivity contribution in [2.75, 3.05) is 4.90 Å². The summed E-state index contributed by atoms with van der Waals surface area (Å²) >= 11 is 0. The molecule has 1 aliphatic heterocycles. The number of anilines is 1. The van der Waals surface area contributed by atoms with E-state index >= 15 is 0 Å². The molecule has 5 rings (SSSR count). The van der Waals surface area contributed by atoms with Crippen LogP contribution in [0.1, 0.15) is 54.2 Å². The molecule has 2 aromatic heterocycles. The van der Waals surface area contributed by atoms with E-state index in [4.69, 9.17) is 4.42 Å². The molecule has 2 aliphatic rings. The second-order valence-electron chi connectivity index (χ2n) is 9.31. The van der Waals surface area contributed by atoms with Crippen LogP contribution in [0.3, 0.4) is 0 Å². The van der Waals surface area contributed by atoms with Gasteiger partial charge in [0.1, 0.15) is 17.0 Å². The Morgan fingerprint density at radius 1 is 1.06 bits per heavy atom.